The molecule has 4 rings (SSSR count). The highest BCUT2D eigenvalue weighted by atomic mass is 16.3. The van der Waals surface area contributed by atoms with Gasteiger partial charge in [0, 0.05) is 32.0 Å². The Morgan fingerprint density at radius 3 is 2.89 bits per heavy atom. The zero-order valence-corrected chi connectivity index (χ0v) is 15.3. The number of carbonyl (C=O) groups excluding carboxylic acids is 1. The third kappa shape index (κ3) is 3.32. The summed E-state index contributed by atoms with van der Waals surface area (Å²) in [7, 11) is 0. The number of benzene rings is 1. The van der Waals surface area contributed by atoms with Crippen LogP contribution in [0.5, 0.6) is 0 Å². The van der Waals surface area contributed by atoms with Crippen molar-refractivity contribution < 1.29 is 9.90 Å². The number of H-pyrrole nitrogens is 1. The lowest BCUT2D eigenvalue weighted by Crippen LogP contribution is -2.54. The maximum absolute atomic E-state index is 12.7. The predicted molar refractivity (Wildman–Crippen MR) is 102 cm³/mol. The molecule has 1 saturated heterocycles. The van der Waals surface area contributed by atoms with Crippen LogP contribution in [0.2, 0.25) is 0 Å². The van der Waals surface area contributed by atoms with Gasteiger partial charge in [-0.3, -0.25) is 14.2 Å². The van der Waals surface area contributed by atoms with Crippen LogP contribution in [0.3, 0.4) is 0 Å². The Kier molecular flexibility index (Phi) is 4.63. The fraction of sp³-hybridized carbons (Fsp3) is 0.550. The number of para-hydroxylation sites is 1. The van der Waals surface area contributed by atoms with Crippen molar-refractivity contribution in [1.82, 2.24) is 14.5 Å². The third-order valence-electron chi connectivity index (χ3n) is 6.22. The Morgan fingerprint density at radius 1 is 1.22 bits per heavy atom. The number of hydrogen-bond donors (Lipinski definition) is 2. The lowest BCUT2D eigenvalue weighted by molar-refractivity contribution is -0.143. The normalized spacial score (nSPS) is 25.4. The van der Waals surface area contributed by atoms with Crippen LogP contribution in [0, 0.1) is 5.92 Å². The topological polar surface area (TPSA) is 95.4 Å². The Morgan fingerprint density at radius 2 is 2.04 bits per heavy atom. The predicted octanol–water partition coefficient (Wildman–Crippen LogP) is 1.23. The van der Waals surface area contributed by atoms with Gasteiger partial charge in [0.15, 0.2) is 0 Å². The summed E-state index contributed by atoms with van der Waals surface area (Å²) < 4.78 is 1.10. The number of nitrogens with zero attached hydrogens (tertiary/aromatic N) is 2. The molecular weight excluding hydrogens is 346 g/mol. The fourth-order valence-electron chi connectivity index (χ4n) is 4.56. The van der Waals surface area contributed by atoms with Crippen LogP contribution in [0.4, 0.5) is 0 Å². The first-order chi connectivity index (χ1) is 13.0. The van der Waals surface area contributed by atoms with Crippen LogP contribution < -0.4 is 11.2 Å². The highest BCUT2D eigenvalue weighted by molar-refractivity contribution is 5.77. The van der Waals surface area contributed by atoms with E-state index in [2.05, 4.69) is 4.98 Å². The molecule has 1 saturated carbocycles. The summed E-state index contributed by atoms with van der Waals surface area (Å²) in [6, 6.07) is 6.86. The van der Waals surface area contributed by atoms with Crippen molar-refractivity contribution in [1.29, 1.82) is 0 Å². The van der Waals surface area contributed by atoms with E-state index in [4.69, 9.17) is 0 Å². The molecule has 144 valence electrons. The van der Waals surface area contributed by atoms with E-state index < -0.39 is 11.3 Å². The van der Waals surface area contributed by atoms with E-state index >= 15 is 0 Å². The van der Waals surface area contributed by atoms with Crippen molar-refractivity contribution in [2.24, 2.45) is 5.92 Å². The molecule has 7 nitrogen and oxygen atoms in total. The van der Waals surface area contributed by atoms with Crippen LogP contribution in [-0.2, 0) is 11.3 Å². The molecule has 1 amide bonds. The number of carbonyl (C=O) groups is 1. The van der Waals surface area contributed by atoms with E-state index in [-0.39, 0.29) is 30.3 Å². The quantitative estimate of drug-likeness (QED) is 0.848. The standard InChI is InChI=1S/C20H25N3O4/c24-17(22-12-10-20(27)9-4-3-5-14(20)13-22)8-11-23-18(25)15-6-1-2-7-16(15)21-19(23)26/h1-2,6-7,14,27H,3-5,8-13H2,(H,21,26)/t14-,20-/m0/s1. The van der Waals surface area contributed by atoms with E-state index in [0.717, 1.165) is 30.3 Å². The summed E-state index contributed by atoms with van der Waals surface area (Å²) in [4.78, 5) is 41.9. The number of nitrogens with one attached hydrogen (secondary N) is 1. The SMILES string of the molecule is O=C(CCn1c(=O)[nH]c2ccccc2c1=O)N1CC[C@@]2(O)CCCC[C@H]2C1. The summed E-state index contributed by atoms with van der Waals surface area (Å²) >= 11 is 0. The largest absolute Gasteiger partial charge is 0.389 e. The molecule has 2 aromatic rings. The van der Waals surface area contributed by atoms with Gasteiger partial charge in [0.05, 0.1) is 16.5 Å². The Balaban J connectivity index is 1.46. The molecule has 0 unspecified atom stereocenters. The lowest BCUT2D eigenvalue weighted by Gasteiger charge is -2.47. The smallest absolute Gasteiger partial charge is 0.328 e. The molecular formula is C20H25N3O4. The van der Waals surface area contributed by atoms with Crippen molar-refractivity contribution in [3.05, 3.63) is 45.1 Å². The van der Waals surface area contributed by atoms with Crippen molar-refractivity contribution >= 4 is 16.8 Å². The van der Waals surface area contributed by atoms with E-state index in [1.54, 1.807) is 29.2 Å². The van der Waals surface area contributed by atoms with Gasteiger partial charge >= 0.3 is 5.69 Å². The second-order valence-electron chi connectivity index (χ2n) is 7.82. The first-order valence-electron chi connectivity index (χ1n) is 9.70. The van der Waals surface area contributed by atoms with E-state index in [9.17, 15) is 19.5 Å². The minimum atomic E-state index is -0.624. The number of fused-ring (bicyclic) bond motifs is 2. The average Bonchev–Trinajstić information content (AvgIpc) is 2.67. The fourth-order valence-corrected chi connectivity index (χ4v) is 4.56. The maximum Gasteiger partial charge on any atom is 0.328 e. The third-order valence-corrected chi connectivity index (χ3v) is 6.22. The van der Waals surface area contributed by atoms with Crippen molar-refractivity contribution in [3.63, 3.8) is 0 Å². The number of aliphatic hydroxyl groups is 1. The molecule has 7 heteroatoms. The first-order valence-corrected chi connectivity index (χ1v) is 9.70. The second kappa shape index (κ2) is 6.96. The van der Waals surface area contributed by atoms with E-state index in [1.165, 1.54) is 0 Å². The van der Waals surface area contributed by atoms with Gasteiger partial charge in [-0.15, -0.1) is 0 Å². The zero-order valence-electron chi connectivity index (χ0n) is 15.3. The summed E-state index contributed by atoms with van der Waals surface area (Å²) in [5, 5.41) is 11.2. The molecule has 2 atom stereocenters. The molecule has 1 aromatic carbocycles. The molecule has 2 fully saturated rings. The monoisotopic (exact) mass is 371 g/mol. The summed E-state index contributed by atoms with van der Waals surface area (Å²) in [5.41, 5.74) is -0.987. The minimum Gasteiger partial charge on any atom is -0.389 e. The summed E-state index contributed by atoms with van der Waals surface area (Å²) in [6.07, 6.45) is 4.63. The average molecular weight is 371 g/mol. The van der Waals surface area contributed by atoms with Crippen molar-refractivity contribution in [2.45, 2.75) is 50.7 Å². The van der Waals surface area contributed by atoms with Crippen LogP contribution in [0.1, 0.15) is 38.5 Å². The minimum absolute atomic E-state index is 0.0588. The van der Waals surface area contributed by atoms with Gasteiger partial charge in [0.1, 0.15) is 0 Å². The molecule has 1 aliphatic heterocycles. The molecule has 0 radical (unpaired) electrons. The van der Waals surface area contributed by atoms with Crippen LogP contribution in [-0.4, -0.2) is 44.2 Å². The van der Waals surface area contributed by atoms with Gasteiger partial charge in [-0.1, -0.05) is 25.0 Å². The molecule has 2 N–H and O–H groups in total. The van der Waals surface area contributed by atoms with Crippen molar-refractivity contribution in [3.8, 4) is 0 Å². The molecule has 1 aliphatic carbocycles. The molecule has 27 heavy (non-hydrogen) atoms. The van der Waals surface area contributed by atoms with E-state index in [0.29, 0.717) is 30.4 Å². The highest BCUT2D eigenvalue weighted by Gasteiger charge is 2.43. The van der Waals surface area contributed by atoms with Crippen LogP contribution >= 0.6 is 0 Å². The number of aromatic nitrogens is 2. The Hall–Kier alpha value is -2.41. The van der Waals surface area contributed by atoms with Gasteiger partial charge in [-0.25, -0.2) is 4.79 Å². The molecule has 0 spiro atoms. The Labute approximate surface area is 156 Å². The van der Waals surface area contributed by atoms with Gasteiger partial charge in [-0.05, 0) is 31.4 Å². The zero-order chi connectivity index (χ0) is 19.0. The van der Waals surface area contributed by atoms with Crippen LogP contribution in [0.25, 0.3) is 10.9 Å². The number of piperidine rings is 1. The summed E-state index contributed by atoms with van der Waals surface area (Å²) in [6.45, 7) is 1.16. The van der Waals surface area contributed by atoms with Crippen LogP contribution in [0.15, 0.2) is 33.9 Å². The van der Waals surface area contributed by atoms with Gasteiger partial charge in [-0.2, -0.15) is 0 Å². The molecule has 2 aliphatic rings. The number of likely N-dealkylation sites (tertiary alicyclic amines) is 1. The van der Waals surface area contributed by atoms with Gasteiger partial charge in [0.2, 0.25) is 5.91 Å². The highest BCUT2D eigenvalue weighted by Crippen LogP contribution is 2.39. The van der Waals surface area contributed by atoms with Gasteiger partial charge < -0.3 is 15.0 Å². The number of aromatic amines is 1. The number of amides is 1. The second-order valence-corrected chi connectivity index (χ2v) is 7.82. The number of rotatable bonds is 3. The Bertz CT molecular complexity index is 979. The maximum atomic E-state index is 12.7. The molecule has 0 bridgehead atoms. The first kappa shape index (κ1) is 18.0. The summed E-state index contributed by atoms with van der Waals surface area (Å²) in [5.74, 6) is 0.0674. The molecule has 2 heterocycles. The van der Waals surface area contributed by atoms with E-state index in [1.807, 2.05) is 0 Å². The lowest BCUT2D eigenvalue weighted by atomic mass is 9.71. The number of hydrogen-bond acceptors (Lipinski definition) is 4. The molecule has 1 aromatic heterocycles. The van der Waals surface area contributed by atoms with Gasteiger partial charge in [0.25, 0.3) is 5.56 Å². The van der Waals surface area contributed by atoms with Crippen molar-refractivity contribution in [2.75, 3.05) is 13.1 Å².